The molecule has 0 radical (unpaired) electrons. The van der Waals surface area contributed by atoms with Crippen LogP contribution in [-0.2, 0) is 4.74 Å². The second-order valence-corrected chi connectivity index (χ2v) is 7.74. The summed E-state index contributed by atoms with van der Waals surface area (Å²) in [6, 6.07) is 6.59. The van der Waals surface area contributed by atoms with Gasteiger partial charge in [0, 0.05) is 49.4 Å². The van der Waals surface area contributed by atoms with Crippen molar-refractivity contribution in [3.63, 3.8) is 0 Å². The van der Waals surface area contributed by atoms with Crippen molar-refractivity contribution >= 4 is 41.7 Å². The smallest absolute Gasteiger partial charge is 0.191 e. The van der Waals surface area contributed by atoms with Gasteiger partial charge >= 0.3 is 0 Å². The van der Waals surface area contributed by atoms with E-state index in [1.54, 1.807) is 30.9 Å². The third-order valence-corrected chi connectivity index (χ3v) is 5.27. The second kappa shape index (κ2) is 12.0. The average Bonchev–Trinajstić information content (AvgIpc) is 2.63. The van der Waals surface area contributed by atoms with Gasteiger partial charge in [0.05, 0.1) is 13.2 Å². The number of halogens is 2. The Bertz CT molecular complexity index is 551. The standard InChI is InChI=1S/C18H29FN4OS.HI/c1-18(2,23-9-11-24-12-10-23)14-22-17(20-3)21-8-13-25-16-6-4-15(19)5-7-16;/h4-7H,8-14H2,1-3H3,(H2,20,21,22);1H. The normalized spacial score (nSPS) is 16.1. The van der Waals surface area contributed by atoms with E-state index in [4.69, 9.17) is 4.74 Å². The largest absolute Gasteiger partial charge is 0.379 e. The minimum atomic E-state index is -0.199. The van der Waals surface area contributed by atoms with Crippen molar-refractivity contribution < 1.29 is 9.13 Å². The van der Waals surface area contributed by atoms with E-state index in [1.165, 1.54) is 12.1 Å². The highest BCUT2D eigenvalue weighted by molar-refractivity contribution is 14.0. The molecule has 148 valence electrons. The predicted molar refractivity (Wildman–Crippen MR) is 118 cm³/mol. The van der Waals surface area contributed by atoms with Gasteiger partial charge in [-0.15, -0.1) is 35.7 Å². The summed E-state index contributed by atoms with van der Waals surface area (Å²) in [5.41, 5.74) is 0.0459. The molecule has 2 N–H and O–H groups in total. The number of hydrogen-bond donors (Lipinski definition) is 2. The Labute approximate surface area is 177 Å². The van der Waals surface area contributed by atoms with E-state index in [0.29, 0.717) is 0 Å². The molecule has 0 spiro atoms. The lowest BCUT2D eigenvalue weighted by Gasteiger charge is -2.41. The SMILES string of the molecule is CN=C(NCCSc1ccc(F)cc1)NCC(C)(C)N1CCOCC1.I. The van der Waals surface area contributed by atoms with Crippen molar-refractivity contribution in [1.29, 1.82) is 0 Å². The zero-order valence-electron chi connectivity index (χ0n) is 15.8. The molecule has 0 bridgehead atoms. The summed E-state index contributed by atoms with van der Waals surface area (Å²) >= 11 is 1.69. The minimum Gasteiger partial charge on any atom is -0.379 e. The minimum absolute atomic E-state index is 0. The van der Waals surface area contributed by atoms with Crippen molar-refractivity contribution in [3.05, 3.63) is 30.1 Å². The maximum absolute atomic E-state index is 12.9. The van der Waals surface area contributed by atoms with Gasteiger partial charge in [0.25, 0.3) is 0 Å². The summed E-state index contributed by atoms with van der Waals surface area (Å²) in [5, 5.41) is 6.74. The van der Waals surface area contributed by atoms with Gasteiger partial charge in [0.15, 0.2) is 5.96 Å². The highest BCUT2D eigenvalue weighted by Gasteiger charge is 2.28. The van der Waals surface area contributed by atoms with Gasteiger partial charge in [-0.3, -0.25) is 9.89 Å². The summed E-state index contributed by atoms with van der Waals surface area (Å²) in [7, 11) is 1.78. The summed E-state index contributed by atoms with van der Waals surface area (Å²) in [6.07, 6.45) is 0. The van der Waals surface area contributed by atoms with Gasteiger partial charge in [-0.1, -0.05) is 0 Å². The molecule has 1 aliphatic rings. The van der Waals surface area contributed by atoms with Crippen molar-refractivity contribution in [2.45, 2.75) is 24.3 Å². The Morgan fingerprint density at radius 2 is 1.88 bits per heavy atom. The highest BCUT2D eigenvalue weighted by Crippen LogP contribution is 2.17. The van der Waals surface area contributed by atoms with Gasteiger partial charge in [0.2, 0.25) is 0 Å². The molecule has 26 heavy (non-hydrogen) atoms. The predicted octanol–water partition coefficient (Wildman–Crippen LogP) is 2.81. The maximum atomic E-state index is 12.9. The van der Waals surface area contributed by atoms with Crippen LogP contribution in [0.25, 0.3) is 0 Å². The van der Waals surface area contributed by atoms with Gasteiger partial charge < -0.3 is 15.4 Å². The second-order valence-electron chi connectivity index (χ2n) is 6.57. The summed E-state index contributed by atoms with van der Waals surface area (Å²) in [6.45, 7) is 9.63. The number of ether oxygens (including phenoxy) is 1. The Morgan fingerprint density at radius 3 is 2.50 bits per heavy atom. The van der Waals surface area contributed by atoms with Crippen molar-refractivity contribution in [2.75, 3.05) is 52.2 Å². The first-order valence-electron chi connectivity index (χ1n) is 8.67. The van der Waals surface area contributed by atoms with Crippen LogP contribution in [0.4, 0.5) is 4.39 Å². The third-order valence-electron chi connectivity index (χ3n) is 4.26. The molecule has 0 amide bonds. The lowest BCUT2D eigenvalue weighted by Crippen LogP contribution is -2.56. The molecule has 1 aromatic carbocycles. The first kappa shape index (κ1) is 23.5. The lowest BCUT2D eigenvalue weighted by atomic mass is 10.0. The third kappa shape index (κ3) is 7.98. The molecular formula is C18H30FIN4OS. The molecule has 1 aromatic rings. The molecule has 0 unspecified atom stereocenters. The van der Waals surface area contributed by atoms with Crippen LogP contribution >= 0.6 is 35.7 Å². The van der Waals surface area contributed by atoms with Crippen LogP contribution in [0, 0.1) is 5.82 Å². The van der Waals surface area contributed by atoms with Gasteiger partial charge in [-0.05, 0) is 38.1 Å². The van der Waals surface area contributed by atoms with Crippen LogP contribution < -0.4 is 10.6 Å². The molecule has 5 nitrogen and oxygen atoms in total. The van der Waals surface area contributed by atoms with E-state index in [0.717, 1.165) is 56.0 Å². The molecule has 1 saturated heterocycles. The number of thioether (sulfide) groups is 1. The Balaban J connectivity index is 0.00000338. The van der Waals surface area contributed by atoms with Gasteiger partial charge in [-0.25, -0.2) is 4.39 Å². The topological polar surface area (TPSA) is 48.9 Å². The molecule has 1 aliphatic heterocycles. The van der Waals surface area contributed by atoms with E-state index < -0.39 is 0 Å². The number of nitrogens with one attached hydrogen (secondary N) is 2. The fraction of sp³-hybridized carbons (Fsp3) is 0.611. The lowest BCUT2D eigenvalue weighted by molar-refractivity contribution is -0.00833. The zero-order chi connectivity index (χ0) is 18.1. The molecule has 0 atom stereocenters. The van der Waals surface area contributed by atoms with E-state index in [2.05, 4.69) is 34.4 Å². The molecule has 0 aromatic heterocycles. The number of nitrogens with zero attached hydrogens (tertiary/aromatic N) is 2. The van der Waals surface area contributed by atoms with Crippen LogP contribution in [0.3, 0.4) is 0 Å². The van der Waals surface area contributed by atoms with Crippen molar-refractivity contribution in [3.8, 4) is 0 Å². The highest BCUT2D eigenvalue weighted by atomic mass is 127. The monoisotopic (exact) mass is 496 g/mol. The van der Waals surface area contributed by atoms with E-state index >= 15 is 0 Å². The van der Waals surface area contributed by atoms with Gasteiger partial charge in [0.1, 0.15) is 5.82 Å². The number of hydrogen-bond acceptors (Lipinski definition) is 4. The van der Waals surface area contributed by atoms with Crippen molar-refractivity contribution in [1.82, 2.24) is 15.5 Å². The van der Waals surface area contributed by atoms with Crippen LogP contribution in [0.5, 0.6) is 0 Å². The fourth-order valence-electron chi connectivity index (χ4n) is 2.67. The Kier molecular flexibility index (Phi) is 10.8. The number of guanidine groups is 1. The number of benzene rings is 1. The quantitative estimate of drug-likeness (QED) is 0.200. The summed E-state index contributed by atoms with van der Waals surface area (Å²) < 4.78 is 18.3. The van der Waals surface area contributed by atoms with Crippen LogP contribution in [0.1, 0.15) is 13.8 Å². The Hall–Kier alpha value is -0.580. The fourth-order valence-corrected chi connectivity index (χ4v) is 3.44. The number of morpholine rings is 1. The number of aliphatic imine (C=N–C) groups is 1. The first-order valence-corrected chi connectivity index (χ1v) is 9.65. The number of rotatable bonds is 7. The van der Waals surface area contributed by atoms with E-state index in [1.807, 2.05) is 0 Å². The zero-order valence-corrected chi connectivity index (χ0v) is 18.9. The maximum Gasteiger partial charge on any atom is 0.191 e. The molecule has 0 aliphatic carbocycles. The van der Waals surface area contributed by atoms with Crippen molar-refractivity contribution in [2.24, 2.45) is 4.99 Å². The molecule has 8 heteroatoms. The van der Waals surface area contributed by atoms with Crippen LogP contribution in [-0.4, -0.2) is 68.6 Å². The summed E-state index contributed by atoms with van der Waals surface area (Å²) in [4.78, 5) is 7.80. The van der Waals surface area contributed by atoms with Crippen LogP contribution in [0.2, 0.25) is 0 Å². The molecule has 1 fully saturated rings. The van der Waals surface area contributed by atoms with E-state index in [-0.39, 0.29) is 35.3 Å². The molecule has 1 heterocycles. The molecular weight excluding hydrogens is 466 g/mol. The first-order chi connectivity index (χ1) is 12.0. The summed E-state index contributed by atoms with van der Waals surface area (Å²) in [5.74, 6) is 1.50. The molecule has 2 rings (SSSR count). The average molecular weight is 496 g/mol. The van der Waals surface area contributed by atoms with Crippen LogP contribution in [0.15, 0.2) is 34.2 Å². The van der Waals surface area contributed by atoms with E-state index in [9.17, 15) is 4.39 Å². The van der Waals surface area contributed by atoms with Gasteiger partial charge in [-0.2, -0.15) is 0 Å². The molecule has 0 saturated carbocycles. The Morgan fingerprint density at radius 1 is 1.23 bits per heavy atom.